The van der Waals surface area contributed by atoms with Gasteiger partial charge in [0.25, 0.3) is 0 Å². The summed E-state index contributed by atoms with van der Waals surface area (Å²) in [5.74, 6) is 1.10. The molecule has 0 unspecified atom stereocenters. The van der Waals surface area contributed by atoms with Crippen LogP contribution in [0.3, 0.4) is 0 Å². The highest BCUT2D eigenvalue weighted by Gasteiger charge is 2.20. The quantitative estimate of drug-likeness (QED) is 0.829. The third-order valence-electron chi connectivity index (χ3n) is 4.07. The minimum atomic E-state index is -0.0264. The Morgan fingerprint density at radius 2 is 2.17 bits per heavy atom. The van der Waals surface area contributed by atoms with Gasteiger partial charge >= 0.3 is 0 Å². The molecule has 2 amide bonds. The van der Waals surface area contributed by atoms with Crippen LogP contribution in [-0.4, -0.2) is 35.1 Å². The zero-order chi connectivity index (χ0) is 16.8. The zero-order valence-electron chi connectivity index (χ0n) is 14.2. The summed E-state index contributed by atoms with van der Waals surface area (Å²) in [7, 11) is 0. The lowest BCUT2D eigenvalue weighted by Gasteiger charge is -2.16. The molecule has 2 rings (SSSR count). The third-order valence-corrected chi connectivity index (χ3v) is 5.22. The molecule has 0 atom stereocenters. The Morgan fingerprint density at radius 1 is 1.39 bits per heavy atom. The first-order valence-corrected chi connectivity index (χ1v) is 9.30. The Kier molecular flexibility index (Phi) is 6.51. The van der Waals surface area contributed by atoms with Crippen molar-refractivity contribution in [1.82, 2.24) is 4.90 Å². The number of amides is 2. The van der Waals surface area contributed by atoms with Crippen molar-refractivity contribution in [1.29, 1.82) is 0 Å². The van der Waals surface area contributed by atoms with Crippen molar-refractivity contribution in [2.75, 3.05) is 18.4 Å². The second kappa shape index (κ2) is 8.39. The van der Waals surface area contributed by atoms with E-state index < -0.39 is 0 Å². The van der Waals surface area contributed by atoms with Gasteiger partial charge in [0.05, 0.1) is 0 Å². The summed E-state index contributed by atoms with van der Waals surface area (Å²) in [5.41, 5.74) is 3.27. The number of hydrogen-bond acceptors (Lipinski definition) is 3. The maximum Gasteiger partial charge on any atom is 0.226 e. The minimum Gasteiger partial charge on any atom is -0.342 e. The van der Waals surface area contributed by atoms with E-state index in [4.69, 9.17) is 0 Å². The first kappa shape index (κ1) is 17.9. The summed E-state index contributed by atoms with van der Waals surface area (Å²) in [5, 5.41) is 3.58. The van der Waals surface area contributed by atoms with Crippen LogP contribution >= 0.6 is 11.8 Å². The number of hydrogen-bond donors (Lipinski definition) is 1. The fourth-order valence-corrected chi connectivity index (χ4v) is 3.45. The molecule has 1 aromatic rings. The van der Waals surface area contributed by atoms with Crippen molar-refractivity contribution >= 4 is 29.3 Å². The number of benzene rings is 1. The topological polar surface area (TPSA) is 49.4 Å². The molecule has 0 aliphatic carbocycles. The van der Waals surface area contributed by atoms with Crippen molar-refractivity contribution in [3.8, 4) is 0 Å². The van der Waals surface area contributed by atoms with Crippen LogP contribution in [0, 0.1) is 6.92 Å². The number of anilines is 1. The Hall–Kier alpha value is -1.49. The first-order chi connectivity index (χ1) is 11.0. The van der Waals surface area contributed by atoms with Crippen molar-refractivity contribution in [3.05, 3.63) is 29.3 Å². The number of carbonyl (C=O) groups excluding carboxylic acids is 2. The standard InChI is InChI=1S/C18H26N2O2S/c1-13(2)23-12-15-6-4-7-16(14(15)3)19-17(21)9-11-20-10-5-8-18(20)22/h4,6-7,13H,5,8-12H2,1-3H3,(H,19,21). The van der Waals surface area contributed by atoms with Crippen molar-refractivity contribution in [2.45, 2.75) is 51.0 Å². The van der Waals surface area contributed by atoms with Crippen LogP contribution in [0.2, 0.25) is 0 Å². The Labute approximate surface area is 143 Å². The molecule has 126 valence electrons. The van der Waals surface area contributed by atoms with E-state index in [9.17, 15) is 9.59 Å². The Balaban J connectivity index is 1.89. The lowest BCUT2D eigenvalue weighted by atomic mass is 10.1. The summed E-state index contributed by atoms with van der Waals surface area (Å²) >= 11 is 1.90. The van der Waals surface area contributed by atoms with Gasteiger partial charge < -0.3 is 10.2 Å². The lowest BCUT2D eigenvalue weighted by molar-refractivity contribution is -0.128. The summed E-state index contributed by atoms with van der Waals surface area (Å²) in [4.78, 5) is 25.5. The van der Waals surface area contributed by atoms with Crippen LogP contribution in [-0.2, 0) is 15.3 Å². The molecule has 1 aliphatic rings. The van der Waals surface area contributed by atoms with E-state index in [1.807, 2.05) is 23.9 Å². The van der Waals surface area contributed by atoms with E-state index in [0.29, 0.717) is 24.6 Å². The van der Waals surface area contributed by atoms with Crippen LogP contribution in [0.25, 0.3) is 0 Å². The maximum atomic E-state index is 12.2. The van der Waals surface area contributed by atoms with Gasteiger partial charge in [-0.25, -0.2) is 0 Å². The average Bonchev–Trinajstić information content (AvgIpc) is 2.91. The minimum absolute atomic E-state index is 0.0264. The molecule has 1 aromatic carbocycles. The Morgan fingerprint density at radius 3 is 2.83 bits per heavy atom. The highest BCUT2D eigenvalue weighted by Crippen LogP contribution is 2.25. The molecule has 0 aromatic heterocycles. The van der Waals surface area contributed by atoms with Crippen molar-refractivity contribution < 1.29 is 9.59 Å². The molecule has 5 heteroatoms. The lowest BCUT2D eigenvalue weighted by Crippen LogP contribution is -2.28. The molecule has 1 heterocycles. The molecule has 0 bridgehead atoms. The number of carbonyl (C=O) groups is 2. The van der Waals surface area contributed by atoms with E-state index >= 15 is 0 Å². The zero-order valence-corrected chi connectivity index (χ0v) is 15.0. The average molecular weight is 334 g/mol. The van der Waals surface area contributed by atoms with Crippen LogP contribution in [0.15, 0.2) is 18.2 Å². The molecule has 4 nitrogen and oxygen atoms in total. The molecule has 1 aliphatic heterocycles. The predicted molar refractivity (Wildman–Crippen MR) is 96.7 cm³/mol. The van der Waals surface area contributed by atoms with Gasteiger partial charge in [-0.15, -0.1) is 0 Å². The monoisotopic (exact) mass is 334 g/mol. The van der Waals surface area contributed by atoms with Crippen molar-refractivity contribution in [2.24, 2.45) is 0 Å². The van der Waals surface area contributed by atoms with Gasteiger partial charge in [0.2, 0.25) is 11.8 Å². The van der Waals surface area contributed by atoms with Gasteiger partial charge in [0.15, 0.2) is 0 Å². The predicted octanol–water partition coefficient (Wildman–Crippen LogP) is 3.59. The van der Waals surface area contributed by atoms with Gasteiger partial charge in [-0.3, -0.25) is 9.59 Å². The van der Waals surface area contributed by atoms with Gasteiger partial charge in [0, 0.05) is 37.4 Å². The highest BCUT2D eigenvalue weighted by molar-refractivity contribution is 7.99. The Bertz CT molecular complexity index is 572. The number of nitrogens with zero attached hydrogens (tertiary/aromatic N) is 1. The molecule has 1 N–H and O–H groups in total. The molecular formula is C18H26N2O2S. The number of nitrogens with one attached hydrogen (secondary N) is 1. The number of thioether (sulfide) groups is 1. The van der Waals surface area contributed by atoms with E-state index in [-0.39, 0.29) is 11.8 Å². The van der Waals surface area contributed by atoms with Gasteiger partial charge in [-0.1, -0.05) is 26.0 Å². The fraction of sp³-hybridized carbons (Fsp3) is 0.556. The summed E-state index contributed by atoms with van der Waals surface area (Å²) in [6, 6.07) is 6.05. The number of likely N-dealkylation sites (tertiary alicyclic amines) is 1. The smallest absolute Gasteiger partial charge is 0.226 e. The maximum absolute atomic E-state index is 12.2. The summed E-state index contributed by atoms with van der Waals surface area (Å²) in [6.45, 7) is 7.73. The second-order valence-corrected chi connectivity index (χ2v) is 7.80. The largest absolute Gasteiger partial charge is 0.342 e. The first-order valence-electron chi connectivity index (χ1n) is 8.25. The molecule has 1 fully saturated rings. The van der Waals surface area contributed by atoms with E-state index in [0.717, 1.165) is 30.0 Å². The van der Waals surface area contributed by atoms with Crippen LogP contribution in [0.1, 0.15) is 44.2 Å². The van der Waals surface area contributed by atoms with Gasteiger partial charge in [-0.2, -0.15) is 11.8 Å². The van der Waals surface area contributed by atoms with Crippen LogP contribution in [0.4, 0.5) is 5.69 Å². The van der Waals surface area contributed by atoms with E-state index in [1.54, 1.807) is 4.90 Å². The normalized spacial score (nSPS) is 14.6. The SMILES string of the molecule is Cc1c(CSC(C)C)cccc1NC(=O)CCN1CCCC1=O. The molecule has 0 spiro atoms. The molecular weight excluding hydrogens is 308 g/mol. The molecule has 0 radical (unpaired) electrons. The van der Waals surface area contributed by atoms with E-state index in [2.05, 4.69) is 32.2 Å². The van der Waals surface area contributed by atoms with E-state index in [1.165, 1.54) is 5.56 Å². The van der Waals surface area contributed by atoms with Crippen LogP contribution < -0.4 is 5.32 Å². The summed E-state index contributed by atoms with van der Waals surface area (Å²) in [6.07, 6.45) is 1.89. The summed E-state index contributed by atoms with van der Waals surface area (Å²) < 4.78 is 0. The second-order valence-electron chi connectivity index (χ2n) is 6.23. The molecule has 1 saturated heterocycles. The number of rotatable bonds is 7. The third kappa shape index (κ3) is 5.27. The van der Waals surface area contributed by atoms with Crippen molar-refractivity contribution in [3.63, 3.8) is 0 Å². The fourth-order valence-electron chi connectivity index (χ4n) is 2.62. The van der Waals surface area contributed by atoms with Gasteiger partial charge in [-0.05, 0) is 35.8 Å². The van der Waals surface area contributed by atoms with Gasteiger partial charge in [0.1, 0.15) is 0 Å². The van der Waals surface area contributed by atoms with Crippen LogP contribution in [0.5, 0.6) is 0 Å². The highest BCUT2D eigenvalue weighted by atomic mass is 32.2. The molecule has 23 heavy (non-hydrogen) atoms. The molecule has 0 saturated carbocycles.